The average Bonchev–Trinajstić information content (AvgIpc) is 2.14. The minimum absolute atomic E-state index is 0.674. The quantitative estimate of drug-likeness (QED) is 0.660. The largest absolute Gasteiger partial charge is 0.321 e. The fourth-order valence-electron chi connectivity index (χ4n) is 1.85. The van der Waals surface area contributed by atoms with Crippen LogP contribution < -0.4 is 0 Å². The van der Waals surface area contributed by atoms with Crippen LogP contribution in [0.3, 0.4) is 0 Å². The summed E-state index contributed by atoms with van der Waals surface area (Å²) in [6, 6.07) is 2.21. The standard InChI is InChI=1S/C10H21N3Si/c1-14(2,3)13-9-7-12(8-10-13)6-4-5-11/h4,6-10H2,1-3H3. The van der Waals surface area contributed by atoms with E-state index >= 15 is 0 Å². The molecule has 0 aromatic rings. The van der Waals surface area contributed by atoms with Crippen LogP contribution in [0.2, 0.25) is 19.6 Å². The summed E-state index contributed by atoms with van der Waals surface area (Å²) in [7, 11) is -1.08. The van der Waals surface area contributed by atoms with Crippen molar-refractivity contribution in [3.05, 3.63) is 0 Å². The summed E-state index contributed by atoms with van der Waals surface area (Å²) in [5, 5.41) is 8.50. The topological polar surface area (TPSA) is 30.3 Å². The summed E-state index contributed by atoms with van der Waals surface area (Å²) >= 11 is 0. The maximum Gasteiger partial charge on any atom is 0.119 e. The third-order valence-electron chi connectivity index (χ3n) is 2.86. The van der Waals surface area contributed by atoms with E-state index in [9.17, 15) is 0 Å². The molecule has 0 amide bonds. The van der Waals surface area contributed by atoms with Crippen molar-refractivity contribution in [2.75, 3.05) is 32.7 Å². The Morgan fingerprint density at radius 2 is 1.71 bits per heavy atom. The van der Waals surface area contributed by atoms with Gasteiger partial charge in [0.25, 0.3) is 0 Å². The summed E-state index contributed by atoms with van der Waals surface area (Å²) in [6.45, 7) is 12.8. The highest BCUT2D eigenvalue weighted by atomic mass is 28.3. The molecule has 0 radical (unpaired) electrons. The lowest BCUT2D eigenvalue weighted by atomic mass is 10.3. The van der Waals surface area contributed by atoms with Crippen molar-refractivity contribution in [1.82, 2.24) is 9.47 Å². The van der Waals surface area contributed by atoms with Crippen LogP contribution in [-0.4, -0.2) is 50.4 Å². The van der Waals surface area contributed by atoms with Gasteiger partial charge in [-0.25, -0.2) is 0 Å². The summed E-state index contributed by atoms with van der Waals surface area (Å²) in [5.41, 5.74) is 0. The highest BCUT2D eigenvalue weighted by molar-refractivity contribution is 6.73. The number of piperazine rings is 1. The van der Waals surface area contributed by atoms with Crippen molar-refractivity contribution in [3.63, 3.8) is 0 Å². The molecule has 0 aliphatic carbocycles. The SMILES string of the molecule is C[Si](C)(C)N1CCN(CCC#N)CC1. The molecule has 0 aromatic heterocycles. The number of rotatable bonds is 3. The Labute approximate surface area is 88.4 Å². The van der Waals surface area contributed by atoms with E-state index in [1.54, 1.807) is 0 Å². The lowest BCUT2D eigenvalue weighted by Gasteiger charge is -2.41. The maximum absolute atomic E-state index is 8.50. The van der Waals surface area contributed by atoms with Gasteiger partial charge in [0.05, 0.1) is 6.07 Å². The van der Waals surface area contributed by atoms with Gasteiger partial charge >= 0.3 is 0 Å². The molecule has 0 spiro atoms. The number of nitriles is 1. The van der Waals surface area contributed by atoms with E-state index in [2.05, 4.69) is 35.2 Å². The molecule has 14 heavy (non-hydrogen) atoms. The smallest absolute Gasteiger partial charge is 0.119 e. The molecule has 0 saturated carbocycles. The van der Waals surface area contributed by atoms with Crippen LogP contribution in [0, 0.1) is 11.3 Å². The van der Waals surface area contributed by atoms with Gasteiger partial charge in [-0.3, -0.25) is 4.90 Å². The molecule has 0 unspecified atom stereocenters. The second-order valence-electron chi connectivity index (χ2n) is 4.91. The first kappa shape index (κ1) is 11.7. The average molecular weight is 211 g/mol. The number of hydrogen-bond donors (Lipinski definition) is 0. The van der Waals surface area contributed by atoms with E-state index in [0.717, 1.165) is 19.6 Å². The zero-order chi connectivity index (χ0) is 10.6. The van der Waals surface area contributed by atoms with E-state index < -0.39 is 8.24 Å². The molecule has 0 atom stereocenters. The second kappa shape index (κ2) is 4.92. The molecule has 1 saturated heterocycles. The summed E-state index contributed by atoms with van der Waals surface area (Å²) in [5.74, 6) is 0. The molecule has 4 heteroatoms. The first-order chi connectivity index (χ1) is 6.54. The van der Waals surface area contributed by atoms with Gasteiger partial charge in [0.2, 0.25) is 0 Å². The normalized spacial score (nSPS) is 20.7. The second-order valence-corrected chi connectivity index (χ2v) is 9.88. The van der Waals surface area contributed by atoms with Crippen LogP contribution in [0.25, 0.3) is 0 Å². The zero-order valence-electron chi connectivity index (χ0n) is 9.58. The van der Waals surface area contributed by atoms with Gasteiger partial charge in [0.15, 0.2) is 0 Å². The van der Waals surface area contributed by atoms with Crippen molar-refractivity contribution in [1.29, 1.82) is 5.26 Å². The molecule has 0 N–H and O–H groups in total. The predicted octanol–water partition coefficient (Wildman–Crippen LogP) is 1.35. The minimum atomic E-state index is -1.08. The van der Waals surface area contributed by atoms with E-state index in [1.807, 2.05) is 0 Å². The predicted molar refractivity (Wildman–Crippen MR) is 61.6 cm³/mol. The van der Waals surface area contributed by atoms with Crippen LogP contribution in [0.1, 0.15) is 6.42 Å². The Morgan fingerprint density at radius 1 is 1.14 bits per heavy atom. The van der Waals surface area contributed by atoms with Crippen molar-refractivity contribution < 1.29 is 0 Å². The van der Waals surface area contributed by atoms with E-state index in [0.29, 0.717) is 6.42 Å². The van der Waals surface area contributed by atoms with Gasteiger partial charge in [-0.05, 0) is 0 Å². The zero-order valence-corrected chi connectivity index (χ0v) is 10.6. The molecule has 80 valence electrons. The van der Waals surface area contributed by atoms with E-state index in [4.69, 9.17) is 5.26 Å². The van der Waals surface area contributed by atoms with Crippen molar-refractivity contribution in [2.24, 2.45) is 0 Å². The summed E-state index contributed by atoms with van der Waals surface area (Å²) < 4.78 is 2.65. The molecule has 0 aromatic carbocycles. The van der Waals surface area contributed by atoms with Crippen molar-refractivity contribution >= 4 is 8.24 Å². The van der Waals surface area contributed by atoms with Gasteiger partial charge in [-0.2, -0.15) is 5.26 Å². The van der Waals surface area contributed by atoms with Gasteiger partial charge in [0, 0.05) is 39.1 Å². The highest BCUT2D eigenvalue weighted by Gasteiger charge is 2.26. The monoisotopic (exact) mass is 211 g/mol. The summed E-state index contributed by atoms with van der Waals surface area (Å²) in [6.07, 6.45) is 0.674. The molecular formula is C10H21N3Si. The molecule has 1 fully saturated rings. The number of nitrogens with zero attached hydrogens (tertiary/aromatic N) is 3. The van der Waals surface area contributed by atoms with Crippen LogP contribution in [-0.2, 0) is 0 Å². The molecular weight excluding hydrogens is 190 g/mol. The maximum atomic E-state index is 8.50. The Kier molecular flexibility index (Phi) is 4.11. The number of hydrogen-bond acceptors (Lipinski definition) is 3. The van der Waals surface area contributed by atoms with Gasteiger partial charge in [-0.1, -0.05) is 19.6 Å². The van der Waals surface area contributed by atoms with Gasteiger partial charge in [0.1, 0.15) is 8.24 Å². The molecule has 1 rings (SSSR count). The Balaban J connectivity index is 2.29. The third kappa shape index (κ3) is 3.41. The van der Waals surface area contributed by atoms with Crippen LogP contribution in [0.5, 0.6) is 0 Å². The van der Waals surface area contributed by atoms with Crippen LogP contribution in [0.15, 0.2) is 0 Å². The first-order valence-corrected chi connectivity index (χ1v) is 8.83. The minimum Gasteiger partial charge on any atom is -0.321 e. The fourth-order valence-corrected chi connectivity index (χ4v) is 3.39. The Morgan fingerprint density at radius 3 is 2.14 bits per heavy atom. The van der Waals surface area contributed by atoms with Gasteiger partial charge in [-0.15, -0.1) is 0 Å². The van der Waals surface area contributed by atoms with Crippen molar-refractivity contribution in [2.45, 2.75) is 26.1 Å². The lowest BCUT2D eigenvalue weighted by molar-refractivity contribution is 0.187. The first-order valence-electron chi connectivity index (χ1n) is 5.38. The highest BCUT2D eigenvalue weighted by Crippen LogP contribution is 2.12. The van der Waals surface area contributed by atoms with Crippen molar-refractivity contribution in [3.8, 4) is 6.07 Å². The van der Waals surface area contributed by atoms with E-state index in [-0.39, 0.29) is 0 Å². The van der Waals surface area contributed by atoms with Crippen LogP contribution in [0.4, 0.5) is 0 Å². The Bertz CT molecular complexity index is 208. The molecule has 3 nitrogen and oxygen atoms in total. The molecule has 1 heterocycles. The van der Waals surface area contributed by atoms with Crippen LogP contribution >= 0.6 is 0 Å². The molecule has 1 aliphatic heterocycles. The molecule has 1 aliphatic rings. The fraction of sp³-hybridized carbons (Fsp3) is 0.900. The third-order valence-corrected chi connectivity index (χ3v) is 5.21. The molecule has 0 bridgehead atoms. The lowest BCUT2D eigenvalue weighted by Crippen LogP contribution is -2.56. The van der Waals surface area contributed by atoms with Gasteiger partial charge < -0.3 is 4.57 Å². The summed E-state index contributed by atoms with van der Waals surface area (Å²) in [4.78, 5) is 2.40. The van der Waals surface area contributed by atoms with E-state index in [1.165, 1.54) is 13.1 Å². The Hall–Kier alpha value is -0.373.